The van der Waals surface area contributed by atoms with Crippen LogP contribution in [0, 0.1) is 5.92 Å². The van der Waals surface area contributed by atoms with E-state index in [-0.39, 0.29) is 37.5 Å². The van der Waals surface area contributed by atoms with Gasteiger partial charge in [0.25, 0.3) is 0 Å². The van der Waals surface area contributed by atoms with Crippen LogP contribution in [0.4, 0.5) is 8.78 Å². The zero-order chi connectivity index (χ0) is 22.4. The molecule has 5 fully saturated rings. The average Bonchev–Trinajstić information content (AvgIpc) is 3.08. The summed E-state index contributed by atoms with van der Waals surface area (Å²) >= 11 is 0. The molecule has 0 spiro atoms. The van der Waals surface area contributed by atoms with Crippen molar-refractivity contribution in [2.24, 2.45) is 11.7 Å². The second-order valence-electron chi connectivity index (χ2n) is 9.69. The Labute approximate surface area is 186 Å². The summed E-state index contributed by atoms with van der Waals surface area (Å²) in [6.45, 7) is 2.86. The first kappa shape index (κ1) is 22.4. The predicted octanol–water partition coefficient (Wildman–Crippen LogP) is -2.53. The van der Waals surface area contributed by atoms with Crippen molar-refractivity contribution in [2.75, 3.05) is 45.8 Å². The third-order valence-corrected chi connectivity index (χ3v) is 7.62. The number of nitrogens with one attached hydrogen (secondary N) is 4. The molecule has 5 rings (SSSR count). The van der Waals surface area contributed by atoms with E-state index < -0.39 is 42.7 Å². The maximum absolute atomic E-state index is 15.2. The van der Waals surface area contributed by atoms with Gasteiger partial charge in [0, 0.05) is 58.3 Å². The number of carbonyl (C=O) groups is 2. The van der Waals surface area contributed by atoms with Gasteiger partial charge in [0.2, 0.25) is 11.8 Å². The maximum Gasteiger partial charge on any atom is 0.229 e. The van der Waals surface area contributed by atoms with Crippen LogP contribution in [0.1, 0.15) is 19.3 Å². The van der Waals surface area contributed by atoms with Crippen LogP contribution in [-0.4, -0.2) is 115 Å². The lowest BCUT2D eigenvalue weighted by Gasteiger charge is -2.50. The monoisotopic (exact) mass is 456 g/mol. The van der Waals surface area contributed by atoms with Crippen LogP contribution in [0.2, 0.25) is 0 Å². The van der Waals surface area contributed by atoms with E-state index in [2.05, 4.69) is 26.3 Å². The number of amides is 2. The van der Waals surface area contributed by atoms with Crippen LogP contribution >= 0.6 is 0 Å². The van der Waals surface area contributed by atoms with Crippen molar-refractivity contribution in [3.8, 4) is 0 Å². The van der Waals surface area contributed by atoms with E-state index in [1.54, 1.807) is 5.01 Å². The number of piperidine rings is 2. The average molecular weight is 457 g/mol. The number of nitrogens with two attached hydrogens (primary N) is 1. The van der Waals surface area contributed by atoms with E-state index in [0.29, 0.717) is 32.6 Å². The minimum absolute atomic E-state index is 0.115. The van der Waals surface area contributed by atoms with Crippen molar-refractivity contribution in [1.29, 1.82) is 0 Å². The molecule has 0 saturated carbocycles. The van der Waals surface area contributed by atoms with Crippen molar-refractivity contribution in [2.45, 2.75) is 62.1 Å². The highest BCUT2D eigenvalue weighted by atomic mass is 19.1. The molecule has 32 heavy (non-hydrogen) atoms. The lowest BCUT2D eigenvalue weighted by atomic mass is 9.92. The fourth-order valence-corrected chi connectivity index (χ4v) is 6.11. The summed E-state index contributed by atoms with van der Waals surface area (Å²) in [6.07, 6.45) is -0.807. The van der Waals surface area contributed by atoms with Gasteiger partial charge in [0.05, 0.1) is 30.3 Å². The molecule has 5 aliphatic rings. The van der Waals surface area contributed by atoms with Gasteiger partial charge in [-0.3, -0.25) is 19.8 Å². The summed E-state index contributed by atoms with van der Waals surface area (Å²) in [5.74, 6) is -0.689. The Hall–Kier alpha value is -1.44. The molecule has 10 nitrogen and oxygen atoms in total. The highest BCUT2D eigenvalue weighted by molar-refractivity contribution is 5.81. The van der Waals surface area contributed by atoms with Crippen LogP contribution in [-0.2, 0) is 9.59 Å². The molecular formula is C20H34F2N8O2. The second-order valence-corrected chi connectivity index (χ2v) is 9.69. The Morgan fingerprint density at radius 3 is 2.84 bits per heavy atom. The molecule has 12 heteroatoms. The molecule has 6 N–H and O–H groups in total. The predicted molar refractivity (Wildman–Crippen MR) is 112 cm³/mol. The molecule has 5 heterocycles. The van der Waals surface area contributed by atoms with Crippen LogP contribution in [0.25, 0.3) is 0 Å². The van der Waals surface area contributed by atoms with E-state index in [9.17, 15) is 14.0 Å². The molecule has 0 aromatic heterocycles. The van der Waals surface area contributed by atoms with Crippen molar-refractivity contribution in [3.05, 3.63) is 0 Å². The number of carbonyl (C=O) groups excluding carboxylic acids is 2. The van der Waals surface area contributed by atoms with Gasteiger partial charge in [0.15, 0.2) is 0 Å². The topological polar surface area (TPSA) is 118 Å². The van der Waals surface area contributed by atoms with Crippen molar-refractivity contribution < 1.29 is 18.4 Å². The zero-order valence-electron chi connectivity index (χ0n) is 18.2. The lowest BCUT2D eigenvalue weighted by Crippen LogP contribution is -2.70. The fourth-order valence-electron chi connectivity index (χ4n) is 6.11. The molecule has 7 unspecified atom stereocenters. The van der Waals surface area contributed by atoms with Crippen LogP contribution < -0.4 is 27.1 Å². The molecule has 180 valence electrons. The molecular weight excluding hydrogens is 422 g/mol. The summed E-state index contributed by atoms with van der Waals surface area (Å²) in [4.78, 5) is 29.5. The molecule has 8 atom stereocenters. The van der Waals surface area contributed by atoms with Gasteiger partial charge in [-0.2, -0.15) is 0 Å². The quantitative estimate of drug-likeness (QED) is 0.316. The second kappa shape index (κ2) is 9.07. The Balaban J connectivity index is 1.27. The number of halogens is 2. The van der Waals surface area contributed by atoms with E-state index in [1.807, 2.05) is 4.90 Å². The highest BCUT2D eigenvalue weighted by Crippen LogP contribution is 2.27. The van der Waals surface area contributed by atoms with E-state index in [0.717, 1.165) is 12.8 Å². The number of fused-ring (bicyclic) bond motifs is 2. The van der Waals surface area contributed by atoms with Crippen LogP contribution in [0.15, 0.2) is 0 Å². The van der Waals surface area contributed by atoms with Crippen molar-refractivity contribution in [1.82, 2.24) is 36.2 Å². The number of rotatable bonds is 3. The molecule has 0 bridgehead atoms. The highest BCUT2D eigenvalue weighted by Gasteiger charge is 2.49. The third kappa shape index (κ3) is 4.12. The smallest absolute Gasteiger partial charge is 0.229 e. The number of hydrazine groups is 1. The Bertz CT molecular complexity index is 732. The summed E-state index contributed by atoms with van der Waals surface area (Å²) in [7, 11) is 0. The van der Waals surface area contributed by atoms with Gasteiger partial charge in [-0.05, 0) is 12.8 Å². The first-order chi connectivity index (χ1) is 15.4. The number of hydrogen-bond acceptors (Lipinski definition) is 8. The number of alkyl halides is 2. The standard InChI is InChI=1S/C20H34F2N8O2/c21-11-6-25-19-16(18(23)27-30(19)9-11)20(32)26-14-8-24-7-13(22)17(14)28-4-5-29-12(10-28)2-1-3-15(29)31/h11-14,16-19,24-25,27H,1-10,23H2,(H,26,32)/t11?,12-,13?,14?,16?,17?,18?,19?/m1/s1. The molecule has 0 aromatic rings. The number of piperazine rings is 1. The van der Waals surface area contributed by atoms with Gasteiger partial charge in [-0.1, -0.05) is 0 Å². The fraction of sp³-hybridized carbons (Fsp3) is 0.900. The van der Waals surface area contributed by atoms with Gasteiger partial charge in [0.1, 0.15) is 12.3 Å². The normalized spacial score (nSPS) is 43.6. The minimum atomic E-state index is -1.13. The van der Waals surface area contributed by atoms with Gasteiger partial charge < -0.3 is 21.3 Å². The summed E-state index contributed by atoms with van der Waals surface area (Å²) in [6, 6.07) is -0.768. The SMILES string of the molecule is NC1NN2CC(F)CNC2C1C(=O)NC1CNCC(F)C1N1CCN2C(=O)CCC[C@@H]2C1. The Kier molecular flexibility index (Phi) is 6.34. The Morgan fingerprint density at radius 2 is 2.00 bits per heavy atom. The van der Waals surface area contributed by atoms with Gasteiger partial charge >= 0.3 is 0 Å². The van der Waals surface area contributed by atoms with E-state index in [4.69, 9.17) is 5.73 Å². The van der Waals surface area contributed by atoms with Crippen molar-refractivity contribution in [3.63, 3.8) is 0 Å². The van der Waals surface area contributed by atoms with Gasteiger partial charge in [-0.15, -0.1) is 0 Å². The van der Waals surface area contributed by atoms with E-state index in [1.165, 1.54) is 0 Å². The minimum Gasteiger partial charge on any atom is -0.350 e. The summed E-state index contributed by atoms with van der Waals surface area (Å²) in [5.41, 5.74) is 9.15. The molecule has 0 aliphatic carbocycles. The Morgan fingerprint density at radius 1 is 1.16 bits per heavy atom. The van der Waals surface area contributed by atoms with E-state index >= 15 is 4.39 Å². The first-order valence-corrected chi connectivity index (χ1v) is 11.8. The zero-order valence-corrected chi connectivity index (χ0v) is 18.2. The summed E-state index contributed by atoms with van der Waals surface area (Å²) < 4.78 is 28.9. The van der Waals surface area contributed by atoms with Crippen LogP contribution in [0.3, 0.4) is 0 Å². The summed E-state index contributed by atoms with van der Waals surface area (Å²) in [5, 5.41) is 10.8. The maximum atomic E-state index is 15.2. The van der Waals surface area contributed by atoms with Crippen molar-refractivity contribution >= 4 is 11.8 Å². The van der Waals surface area contributed by atoms with Gasteiger partial charge in [-0.25, -0.2) is 19.2 Å². The largest absolute Gasteiger partial charge is 0.350 e. The molecule has 0 radical (unpaired) electrons. The lowest BCUT2D eigenvalue weighted by molar-refractivity contribution is -0.141. The molecule has 0 aromatic carbocycles. The number of hydrogen-bond donors (Lipinski definition) is 5. The molecule has 2 amide bonds. The number of nitrogens with zero attached hydrogens (tertiary/aromatic N) is 3. The molecule has 5 aliphatic heterocycles. The van der Waals surface area contributed by atoms with Crippen LogP contribution in [0.5, 0.6) is 0 Å². The first-order valence-electron chi connectivity index (χ1n) is 11.8. The third-order valence-electron chi connectivity index (χ3n) is 7.62. The molecule has 5 saturated heterocycles.